The van der Waals surface area contributed by atoms with Crippen molar-refractivity contribution in [3.63, 3.8) is 0 Å². The van der Waals surface area contributed by atoms with E-state index in [0.29, 0.717) is 17.1 Å². The fourth-order valence-electron chi connectivity index (χ4n) is 2.27. The number of alkyl halides is 2. The highest BCUT2D eigenvalue weighted by atomic mass is 32.2. The molecule has 1 N–H and O–H groups in total. The Morgan fingerprint density at radius 1 is 1.24 bits per heavy atom. The highest BCUT2D eigenvalue weighted by molar-refractivity contribution is 7.99. The van der Waals surface area contributed by atoms with E-state index in [-0.39, 0.29) is 22.4 Å². The molecule has 2 aromatic rings. The molecule has 0 radical (unpaired) electrons. The third-order valence-corrected chi connectivity index (χ3v) is 4.19. The van der Waals surface area contributed by atoms with Crippen molar-refractivity contribution in [2.75, 3.05) is 14.2 Å². The minimum Gasteiger partial charge on any atom is -0.497 e. The number of aromatic nitrogens is 1. The first-order chi connectivity index (χ1) is 12.0. The molecule has 2 rings (SSSR count). The molecule has 0 aliphatic heterocycles. The molecule has 0 aliphatic rings. The largest absolute Gasteiger partial charge is 0.497 e. The molecule has 25 heavy (non-hydrogen) atoms. The van der Waals surface area contributed by atoms with Gasteiger partial charge in [0.1, 0.15) is 16.5 Å². The van der Waals surface area contributed by atoms with Gasteiger partial charge in [0.25, 0.3) is 11.7 Å². The van der Waals surface area contributed by atoms with Crippen molar-refractivity contribution in [1.29, 1.82) is 0 Å². The molecule has 1 aromatic heterocycles. The van der Waals surface area contributed by atoms with Crippen LogP contribution >= 0.6 is 11.8 Å². The van der Waals surface area contributed by atoms with Gasteiger partial charge in [0.2, 0.25) is 0 Å². The summed E-state index contributed by atoms with van der Waals surface area (Å²) in [4.78, 5) is 16.4. The van der Waals surface area contributed by atoms with Gasteiger partial charge in [0.05, 0.1) is 25.8 Å². The first-order valence-corrected chi connectivity index (χ1v) is 8.26. The standard InChI is InChI=1S/C17H18F2N2O3S/c1-10(13-9-11(23-2)6-7-14(13)24-3)21-15(22)12-5-4-8-20-16(12)25-17(18)19/h4-10,17H,1-3H3,(H,21,22). The number of halogens is 2. The zero-order chi connectivity index (χ0) is 18.4. The van der Waals surface area contributed by atoms with E-state index in [1.165, 1.54) is 32.5 Å². The second-order valence-corrected chi connectivity index (χ2v) is 6.02. The van der Waals surface area contributed by atoms with Crippen molar-refractivity contribution in [2.24, 2.45) is 0 Å². The number of rotatable bonds is 7. The summed E-state index contributed by atoms with van der Waals surface area (Å²) in [6, 6.07) is 7.79. The molecule has 8 heteroatoms. The van der Waals surface area contributed by atoms with Gasteiger partial charge in [-0.15, -0.1) is 0 Å². The smallest absolute Gasteiger partial charge is 0.290 e. The number of thioether (sulfide) groups is 1. The molecule has 1 unspecified atom stereocenters. The number of carbonyl (C=O) groups is 1. The van der Waals surface area contributed by atoms with Crippen LogP contribution in [0.25, 0.3) is 0 Å². The van der Waals surface area contributed by atoms with E-state index in [2.05, 4.69) is 10.3 Å². The number of amides is 1. The maximum absolute atomic E-state index is 12.6. The van der Waals surface area contributed by atoms with E-state index < -0.39 is 17.7 Å². The predicted octanol–water partition coefficient (Wildman–Crippen LogP) is 3.90. The van der Waals surface area contributed by atoms with Gasteiger partial charge >= 0.3 is 0 Å². The minimum absolute atomic E-state index is 0.0141. The van der Waals surface area contributed by atoms with Crippen LogP contribution in [0.5, 0.6) is 11.5 Å². The Morgan fingerprint density at radius 2 is 2.00 bits per heavy atom. The van der Waals surface area contributed by atoms with Crippen LogP contribution in [-0.4, -0.2) is 30.9 Å². The van der Waals surface area contributed by atoms with Crippen molar-refractivity contribution in [3.05, 3.63) is 47.7 Å². The number of ether oxygens (including phenoxy) is 2. The third-order valence-electron chi connectivity index (χ3n) is 3.47. The zero-order valence-corrected chi connectivity index (χ0v) is 14.8. The number of benzene rings is 1. The Hall–Kier alpha value is -2.35. The lowest BCUT2D eigenvalue weighted by Gasteiger charge is -2.19. The summed E-state index contributed by atoms with van der Waals surface area (Å²) in [5.74, 6) is -1.94. The SMILES string of the molecule is COc1ccc(OC)c(C(C)NC(=O)c2cccnc2SC(F)F)c1. The summed E-state index contributed by atoms with van der Waals surface area (Å²) in [7, 11) is 3.07. The lowest BCUT2D eigenvalue weighted by molar-refractivity contribution is 0.0935. The number of pyridine rings is 1. The summed E-state index contributed by atoms with van der Waals surface area (Å²) < 4.78 is 35.8. The Balaban J connectivity index is 2.24. The first kappa shape index (κ1) is 19.0. The van der Waals surface area contributed by atoms with Crippen LogP contribution in [0.15, 0.2) is 41.6 Å². The molecule has 0 spiro atoms. The van der Waals surface area contributed by atoms with Gasteiger partial charge in [0.15, 0.2) is 0 Å². The third kappa shape index (κ3) is 4.82. The van der Waals surface area contributed by atoms with E-state index in [0.717, 1.165) is 0 Å². The van der Waals surface area contributed by atoms with Gasteiger partial charge in [-0.25, -0.2) is 4.98 Å². The number of nitrogens with one attached hydrogen (secondary N) is 1. The fraction of sp³-hybridized carbons (Fsp3) is 0.294. The lowest BCUT2D eigenvalue weighted by Crippen LogP contribution is -2.27. The summed E-state index contributed by atoms with van der Waals surface area (Å²) in [6.45, 7) is 1.77. The number of hydrogen-bond donors (Lipinski definition) is 1. The van der Waals surface area contributed by atoms with Gasteiger partial charge in [-0.2, -0.15) is 8.78 Å². The summed E-state index contributed by atoms with van der Waals surface area (Å²) >= 11 is 0.240. The van der Waals surface area contributed by atoms with E-state index in [9.17, 15) is 13.6 Å². The molecule has 0 saturated carbocycles. The molecule has 1 amide bonds. The normalized spacial score (nSPS) is 11.9. The van der Waals surface area contributed by atoms with Gasteiger partial charge in [0, 0.05) is 11.8 Å². The van der Waals surface area contributed by atoms with Gasteiger partial charge in [-0.3, -0.25) is 4.79 Å². The van der Waals surface area contributed by atoms with E-state index >= 15 is 0 Å². The first-order valence-electron chi connectivity index (χ1n) is 7.39. The molecule has 134 valence electrons. The van der Waals surface area contributed by atoms with Crippen LogP contribution in [0.3, 0.4) is 0 Å². The van der Waals surface area contributed by atoms with Crippen LogP contribution in [0.1, 0.15) is 28.9 Å². The Labute approximate surface area is 148 Å². The topological polar surface area (TPSA) is 60.5 Å². The highest BCUT2D eigenvalue weighted by Gasteiger charge is 2.20. The molecule has 0 saturated heterocycles. The van der Waals surface area contributed by atoms with Gasteiger partial charge in [-0.05, 0) is 49.0 Å². The number of carbonyl (C=O) groups excluding carboxylic acids is 1. The number of nitrogens with zero attached hydrogens (tertiary/aromatic N) is 1. The van der Waals surface area contributed by atoms with E-state index in [1.807, 2.05) is 0 Å². The second-order valence-electron chi connectivity index (χ2n) is 5.04. The number of hydrogen-bond acceptors (Lipinski definition) is 5. The quantitative estimate of drug-likeness (QED) is 0.751. The van der Waals surface area contributed by atoms with Crippen molar-refractivity contribution >= 4 is 17.7 Å². The number of methoxy groups -OCH3 is 2. The molecule has 0 fully saturated rings. The molecule has 0 aliphatic carbocycles. The predicted molar refractivity (Wildman–Crippen MR) is 91.5 cm³/mol. The Morgan fingerprint density at radius 3 is 2.64 bits per heavy atom. The van der Waals surface area contributed by atoms with Crippen molar-refractivity contribution in [1.82, 2.24) is 10.3 Å². The van der Waals surface area contributed by atoms with Crippen LogP contribution in [0.2, 0.25) is 0 Å². The Kier molecular flexibility index (Phi) is 6.58. The van der Waals surface area contributed by atoms with Crippen molar-refractivity contribution in [2.45, 2.75) is 23.7 Å². The van der Waals surface area contributed by atoms with Gasteiger partial charge < -0.3 is 14.8 Å². The molecule has 0 bridgehead atoms. The summed E-state index contributed by atoms with van der Waals surface area (Å²) in [5, 5.41) is 2.77. The van der Waals surface area contributed by atoms with Crippen molar-refractivity contribution < 1.29 is 23.0 Å². The average Bonchev–Trinajstić information content (AvgIpc) is 2.60. The summed E-state index contributed by atoms with van der Waals surface area (Å²) in [6.07, 6.45) is 1.37. The minimum atomic E-state index is -2.66. The maximum Gasteiger partial charge on any atom is 0.290 e. The van der Waals surface area contributed by atoms with Crippen molar-refractivity contribution in [3.8, 4) is 11.5 Å². The molecular weight excluding hydrogens is 350 g/mol. The average molecular weight is 368 g/mol. The van der Waals surface area contributed by atoms with E-state index in [1.54, 1.807) is 25.1 Å². The second kappa shape index (κ2) is 8.66. The fourth-order valence-corrected chi connectivity index (χ4v) is 2.85. The van der Waals surface area contributed by atoms with Crippen LogP contribution in [0, 0.1) is 0 Å². The highest BCUT2D eigenvalue weighted by Crippen LogP contribution is 2.30. The summed E-state index contributed by atoms with van der Waals surface area (Å²) in [5.41, 5.74) is 0.809. The monoisotopic (exact) mass is 368 g/mol. The zero-order valence-electron chi connectivity index (χ0n) is 14.0. The van der Waals surface area contributed by atoms with Gasteiger partial charge in [-0.1, -0.05) is 0 Å². The van der Waals surface area contributed by atoms with Crippen LogP contribution < -0.4 is 14.8 Å². The van der Waals surface area contributed by atoms with Crippen LogP contribution in [0.4, 0.5) is 8.78 Å². The Bertz CT molecular complexity index is 744. The van der Waals surface area contributed by atoms with E-state index in [4.69, 9.17) is 9.47 Å². The molecule has 1 atom stereocenters. The molecule has 1 heterocycles. The molecule has 1 aromatic carbocycles. The maximum atomic E-state index is 12.6. The van der Waals surface area contributed by atoms with Crippen LogP contribution in [-0.2, 0) is 0 Å². The molecular formula is C17H18F2N2O3S. The molecule has 5 nitrogen and oxygen atoms in total. The lowest BCUT2D eigenvalue weighted by atomic mass is 10.1.